The van der Waals surface area contributed by atoms with Crippen LogP contribution in [-0.4, -0.2) is 44.8 Å². The van der Waals surface area contributed by atoms with E-state index in [1.54, 1.807) is 4.98 Å². The molecule has 7 nitrogen and oxygen atoms in total. The number of ether oxygens (including phenoxy) is 1. The number of aliphatic hydroxyl groups excluding tert-OH is 2. The Labute approximate surface area is 98.3 Å². The molecular weight excluding hydrogens is 254 g/mol. The number of aromatic nitrogens is 2. The predicted molar refractivity (Wildman–Crippen MR) is 53.2 cm³/mol. The number of hydrogen-bond acceptors (Lipinski definition) is 5. The van der Waals surface area contributed by atoms with Crippen LogP contribution in [0.25, 0.3) is 0 Å². The molecule has 18 heavy (non-hydrogen) atoms. The van der Waals surface area contributed by atoms with E-state index in [0.29, 0.717) is 10.8 Å². The minimum Gasteiger partial charge on any atom is -0.394 e. The van der Waals surface area contributed by atoms with Gasteiger partial charge in [0.05, 0.1) is 12.8 Å². The SMILES string of the molecule is O=c1[nH]c(=O)n([C@@H]2O[C@H](CO)[C@@H](O)C2F)cc1F. The van der Waals surface area contributed by atoms with Gasteiger partial charge in [-0.2, -0.15) is 4.39 Å². The molecule has 2 rings (SSSR count). The molecular formula is C9H10F2N2O5. The Hall–Kier alpha value is -1.58. The molecule has 3 N–H and O–H groups in total. The van der Waals surface area contributed by atoms with Gasteiger partial charge >= 0.3 is 5.69 Å². The summed E-state index contributed by atoms with van der Waals surface area (Å²) in [7, 11) is 0. The molecule has 0 bridgehead atoms. The van der Waals surface area contributed by atoms with Crippen LogP contribution in [0.2, 0.25) is 0 Å². The molecule has 1 aromatic heterocycles. The van der Waals surface area contributed by atoms with Crippen molar-refractivity contribution >= 4 is 0 Å². The van der Waals surface area contributed by atoms with Crippen LogP contribution in [-0.2, 0) is 4.74 Å². The van der Waals surface area contributed by atoms with Crippen molar-refractivity contribution in [1.29, 1.82) is 0 Å². The number of nitrogens with zero attached hydrogens (tertiary/aromatic N) is 1. The van der Waals surface area contributed by atoms with Gasteiger partial charge < -0.3 is 14.9 Å². The molecule has 0 spiro atoms. The van der Waals surface area contributed by atoms with E-state index in [9.17, 15) is 23.5 Å². The van der Waals surface area contributed by atoms with Crippen molar-refractivity contribution in [3.63, 3.8) is 0 Å². The first kappa shape index (κ1) is 12.9. The lowest BCUT2D eigenvalue weighted by Gasteiger charge is -2.15. The fourth-order valence-electron chi connectivity index (χ4n) is 1.73. The minimum atomic E-state index is -2.02. The molecule has 0 aliphatic carbocycles. The summed E-state index contributed by atoms with van der Waals surface area (Å²) < 4.78 is 32.1. The highest BCUT2D eigenvalue weighted by molar-refractivity contribution is 4.94. The quantitative estimate of drug-likeness (QED) is 0.588. The summed E-state index contributed by atoms with van der Waals surface area (Å²) in [6.45, 7) is -0.654. The summed E-state index contributed by atoms with van der Waals surface area (Å²) in [4.78, 5) is 23.8. The monoisotopic (exact) mass is 264 g/mol. The predicted octanol–water partition coefficient (Wildman–Crippen LogP) is -1.74. The van der Waals surface area contributed by atoms with E-state index in [1.165, 1.54) is 0 Å². The Kier molecular flexibility index (Phi) is 3.28. The van der Waals surface area contributed by atoms with Gasteiger partial charge in [0.15, 0.2) is 12.4 Å². The maximum atomic E-state index is 13.7. The molecule has 100 valence electrons. The van der Waals surface area contributed by atoms with Gasteiger partial charge in [0, 0.05) is 0 Å². The van der Waals surface area contributed by atoms with Gasteiger partial charge in [-0.1, -0.05) is 0 Å². The van der Waals surface area contributed by atoms with Crippen LogP contribution < -0.4 is 11.2 Å². The van der Waals surface area contributed by atoms with Crippen LogP contribution in [0.15, 0.2) is 15.8 Å². The van der Waals surface area contributed by atoms with Crippen LogP contribution in [0.3, 0.4) is 0 Å². The molecule has 9 heteroatoms. The highest BCUT2D eigenvalue weighted by Crippen LogP contribution is 2.30. The number of rotatable bonds is 2. The lowest BCUT2D eigenvalue weighted by atomic mass is 10.1. The summed E-state index contributed by atoms with van der Waals surface area (Å²) in [5.74, 6) is -1.28. The number of alkyl halides is 1. The van der Waals surface area contributed by atoms with Gasteiger partial charge in [-0.3, -0.25) is 14.3 Å². The zero-order valence-corrected chi connectivity index (χ0v) is 8.92. The van der Waals surface area contributed by atoms with Gasteiger partial charge in [-0.15, -0.1) is 0 Å². The van der Waals surface area contributed by atoms with Gasteiger partial charge in [0.25, 0.3) is 5.56 Å². The summed E-state index contributed by atoms with van der Waals surface area (Å²) in [6.07, 6.45) is -5.99. The zero-order valence-electron chi connectivity index (χ0n) is 8.92. The summed E-state index contributed by atoms with van der Waals surface area (Å²) in [5, 5.41) is 18.2. The lowest BCUT2D eigenvalue weighted by molar-refractivity contribution is -0.0495. The topological polar surface area (TPSA) is 105 Å². The van der Waals surface area contributed by atoms with Crippen molar-refractivity contribution in [1.82, 2.24) is 9.55 Å². The van der Waals surface area contributed by atoms with Crippen LogP contribution in [0, 0.1) is 5.82 Å². The van der Waals surface area contributed by atoms with Crippen molar-refractivity contribution in [3.8, 4) is 0 Å². The highest BCUT2D eigenvalue weighted by Gasteiger charge is 2.45. The Morgan fingerprint density at radius 2 is 2.17 bits per heavy atom. The molecule has 1 aliphatic heterocycles. The Morgan fingerprint density at radius 3 is 2.72 bits per heavy atom. The largest absolute Gasteiger partial charge is 0.394 e. The average molecular weight is 264 g/mol. The molecule has 0 amide bonds. The molecule has 4 atom stereocenters. The fraction of sp³-hybridized carbons (Fsp3) is 0.556. The zero-order chi connectivity index (χ0) is 13.4. The lowest BCUT2D eigenvalue weighted by Crippen LogP contribution is -2.37. The van der Waals surface area contributed by atoms with Gasteiger partial charge in [-0.25, -0.2) is 9.18 Å². The number of nitrogens with one attached hydrogen (secondary N) is 1. The van der Waals surface area contributed by atoms with Crippen molar-refractivity contribution < 1.29 is 23.7 Å². The molecule has 1 fully saturated rings. The van der Waals surface area contributed by atoms with Gasteiger partial charge in [0.1, 0.15) is 12.2 Å². The van der Waals surface area contributed by atoms with Gasteiger partial charge in [0.2, 0.25) is 5.82 Å². The second-order valence-corrected chi connectivity index (χ2v) is 3.83. The first-order valence-corrected chi connectivity index (χ1v) is 5.05. The molecule has 1 saturated heterocycles. The first-order chi connectivity index (χ1) is 8.45. The Morgan fingerprint density at radius 1 is 1.50 bits per heavy atom. The van der Waals surface area contributed by atoms with Crippen molar-refractivity contribution in [3.05, 3.63) is 32.9 Å². The molecule has 1 aliphatic rings. The third kappa shape index (κ3) is 1.96. The second kappa shape index (κ2) is 4.59. The molecule has 2 heterocycles. The number of aliphatic hydroxyl groups is 2. The van der Waals surface area contributed by atoms with Crippen molar-refractivity contribution in [2.75, 3.05) is 6.61 Å². The van der Waals surface area contributed by atoms with Crippen molar-refractivity contribution in [2.45, 2.75) is 24.6 Å². The number of halogens is 2. The number of aromatic amines is 1. The Bertz CT molecular complexity index is 557. The van der Waals surface area contributed by atoms with Crippen LogP contribution in [0.1, 0.15) is 6.23 Å². The molecule has 1 aromatic rings. The summed E-state index contributed by atoms with van der Waals surface area (Å²) in [6, 6.07) is 0. The van der Waals surface area contributed by atoms with Crippen LogP contribution in [0.5, 0.6) is 0 Å². The van der Waals surface area contributed by atoms with E-state index in [2.05, 4.69) is 0 Å². The number of hydrogen-bond donors (Lipinski definition) is 3. The average Bonchev–Trinajstić information content (AvgIpc) is 2.61. The van der Waals surface area contributed by atoms with Gasteiger partial charge in [-0.05, 0) is 0 Å². The van der Waals surface area contributed by atoms with E-state index < -0.39 is 48.3 Å². The van der Waals surface area contributed by atoms with E-state index in [0.717, 1.165) is 0 Å². The maximum absolute atomic E-state index is 13.7. The van der Waals surface area contributed by atoms with Crippen LogP contribution >= 0.6 is 0 Å². The van der Waals surface area contributed by atoms with E-state index in [-0.39, 0.29) is 0 Å². The molecule has 0 aromatic carbocycles. The standard InChI is InChI=1S/C9H10F2N2O5/c10-3-1-13(9(17)12-7(3)16)8-5(11)6(15)4(2-14)18-8/h1,4-6,8,14-15H,2H2,(H,12,16,17)/t4-,5?,6-,8-/m1/s1. The summed E-state index contributed by atoms with van der Waals surface area (Å²) >= 11 is 0. The van der Waals surface area contributed by atoms with Crippen LogP contribution in [0.4, 0.5) is 8.78 Å². The smallest absolute Gasteiger partial charge is 0.330 e. The van der Waals surface area contributed by atoms with E-state index in [4.69, 9.17) is 9.84 Å². The molecule has 1 unspecified atom stereocenters. The van der Waals surface area contributed by atoms with Crippen molar-refractivity contribution in [2.24, 2.45) is 0 Å². The normalized spacial score (nSPS) is 31.8. The summed E-state index contributed by atoms with van der Waals surface area (Å²) in [5.41, 5.74) is -2.30. The minimum absolute atomic E-state index is 0.486. The number of H-pyrrole nitrogens is 1. The fourth-order valence-corrected chi connectivity index (χ4v) is 1.73. The van der Waals surface area contributed by atoms with E-state index in [1.807, 2.05) is 0 Å². The third-order valence-electron chi connectivity index (χ3n) is 2.67. The highest BCUT2D eigenvalue weighted by atomic mass is 19.1. The third-order valence-corrected chi connectivity index (χ3v) is 2.67. The Balaban J connectivity index is 2.42. The second-order valence-electron chi connectivity index (χ2n) is 3.83. The maximum Gasteiger partial charge on any atom is 0.330 e. The van der Waals surface area contributed by atoms with E-state index >= 15 is 0 Å². The first-order valence-electron chi connectivity index (χ1n) is 5.05. The molecule has 0 saturated carbocycles. The molecule has 0 radical (unpaired) electrons.